The molecule has 0 radical (unpaired) electrons. The Balaban J connectivity index is 1.89. The van der Waals surface area contributed by atoms with E-state index in [2.05, 4.69) is 21.8 Å². The van der Waals surface area contributed by atoms with Crippen molar-refractivity contribution < 1.29 is 4.39 Å². The van der Waals surface area contributed by atoms with Crippen molar-refractivity contribution in [1.29, 1.82) is 0 Å². The summed E-state index contributed by atoms with van der Waals surface area (Å²) in [7, 11) is 0. The van der Waals surface area contributed by atoms with Crippen LogP contribution in [0.5, 0.6) is 0 Å². The molecular formula is C20H18FN3. The first-order valence-corrected chi connectivity index (χ1v) is 8.10. The zero-order valence-electron chi connectivity index (χ0n) is 13.5. The molecule has 1 unspecified atom stereocenters. The molecule has 2 aromatic carbocycles. The molecule has 4 rings (SSSR count). The van der Waals surface area contributed by atoms with E-state index >= 15 is 0 Å². The minimum atomic E-state index is -0.223. The molecule has 2 heterocycles. The average molecular weight is 319 g/mol. The number of halogens is 1. The molecule has 1 atom stereocenters. The van der Waals surface area contributed by atoms with Crippen molar-refractivity contribution in [3.8, 4) is 11.1 Å². The fourth-order valence-corrected chi connectivity index (χ4v) is 3.32. The van der Waals surface area contributed by atoms with E-state index in [1.807, 2.05) is 42.6 Å². The van der Waals surface area contributed by atoms with Gasteiger partial charge in [0.25, 0.3) is 0 Å². The number of rotatable bonds is 3. The lowest BCUT2D eigenvalue weighted by Gasteiger charge is -2.25. The number of hydrogen-bond donors (Lipinski definition) is 0. The van der Waals surface area contributed by atoms with Gasteiger partial charge < -0.3 is 0 Å². The van der Waals surface area contributed by atoms with Gasteiger partial charge in [0.15, 0.2) is 0 Å². The van der Waals surface area contributed by atoms with E-state index in [4.69, 9.17) is 0 Å². The lowest BCUT2D eigenvalue weighted by Crippen LogP contribution is -2.25. The Bertz CT molecular complexity index is 906. The number of aliphatic imine (C=N–C) groups is 1. The van der Waals surface area contributed by atoms with Gasteiger partial charge in [-0.2, -0.15) is 0 Å². The topological polar surface area (TPSA) is 28.5 Å². The van der Waals surface area contributed by atoms with Crippen molar-refractivity contribution in [2.24, 2.45) is 4.99 Å². The maximum absolute atomic E-state index is 14.0. The average Bonchev–Trinajstić information content (AvgIpc) is 3.15. The van der Waals surface area contributed by atoms with Crippen LogP contribution in [0.4, 0.5) is 4.39 Å². The maximum Gasteiger partial charge on any atom is 0.123 e. The molecule has 1 aliphatic rings. The molecule has 1 aliphatic heterocycles. The first kappa shape index (κ1) is 15.0. The van der Waals surface area contributed by atoms with Crippen LogP contribution < -0.4 is 0 Å². The van der Waals surface area contributed by atoms with E-state index in [9.17, 15) is 4.39 Å². The first-order valence-electron chi connectivity index (χ1n) is 8.10. The van der Waals surface area contributed by atoms with Crippen LogP contribution >= 0.6 is 0 Å². The fourth-order valence-electron chi connectivity index (χ4n) is 3.32. The summed E-state index contributed by atoms with van der Waals surface area (Å²) < 4.78 is 14.0. The third-order valence-electron chi connectivity index (χ3n) is 4.66. The Morgan fingerprint density at radius 3 is 2.83 bits per heavy atom. The van der Waals surface area contributed by atoms with Gasteiger partial charge in [-0.3, -0.25) is 14.9 Å². The third kappa shape index (κ3) is 2.59. The molecule has 0 aliphatic carbocycles. The fraction of sp³-hybridized carbons (Fsp3) is 0.200. The molecule has 4 heteroatoms. The molecule has 0 fully saturated rings. The highest BCUT2D eigenvalue weighted by atomic mass is 19.1. The van der Waals surface area contributed by atoms with Crippen molar-refractivity contribution in [1.82, 2.24) is 9.88 Å². The van der Waals surface area contributed by atoms with E-state index in [1.165, 1.54) is 6.07 Å². The Morgan fingerprint density at radius 2 is 2.00 bits per heavy atom. The van der Waals surface area contributed by atoms with Crippen LogP contribution in [0.1, 0.15) is 18.5 Å². The number of benzene rings is 2. The van der Waals surface area contributed by atoms with Gasteiger partial charge in [0.05, 0.1) is 12.2 Å². The number of hydrogen-bond acceptors (Lipinski definition) is 3. The molecule has 3 aromatic rings. The minimum absolute atomic E-state index is 0.162. The van der Waals surface area contributed by atoms with Gasteiger partial charge in [-0.05, 0) is 47.9 Å². The second-order valence-corrected chi connectivity index (χ2v) is 6.06. The van der Waals surface area contributed by atoms with E-state index in [-0.39, 0.29) is 11.9 Å². The predicted molar refractivity (Wildman–Crippen MR) is 95.6 cm³/mol. The minimum Gasteiger partial charge on any atom is -0.281 e. The SMILES string of the molecule is CC(c1ccc(F)cc1-c1cccc2ncccc12)N1CC=NC1. The smallest absolute Gasteiger partial charge is 0.123 e. The molecule has 0 saturated heterocycles. The van der Waals surface area contributed by atoms with Crippen molar-refractivity contribution in [3.63, 3.8) is 0 Å². The van der Waals surface area contributed by atoms with Crippen molar-refractivity contribution >= 4 is 17.1 Å². The van der Waals surface area contributed by atoms with Gasteiger partial charge in [0, 0.05) is 30.4 Å². The van der Waals surface area contributed by atoms with Crippen molar-refractivity contribution in [2.45, 2.75) is 13.0 Å². The lowest BCUT2D eigenvalue weighted by atomic mass is 9.92. The van der Waals surface area contributed by atoms with Gasteiger partial charge in [0.1, 0.15) is 5.82 Å². The van der Waals surface area contributed by atoms with E-state index in [1.54, 1.807) is 12.3 Å². The molecule has 120 valence electrons. The zero-order valence-corrected chi connectivity index (χ0v) is 13.5. The molecule has 3 nitrogen and oxygen atoms in total. The van der Waals surface area contributed by atoms with Crippen LogP contribution in [0.3, 0.4) is 0 Å². The summed E-state index contributed by atoms with van der Waals surface area (Å²) >= 11 is 0. The highest BCUT2D eigenvalue weighted by Crippen LogP contribution is 2.35. The molecule has 24 heavy (non-hydrogen) atoms. The van der Waals surface area contributed by atoms with E-state index < -0.39 is 0 Å². The van der Waals surface area contributed by atoms with Crippen LogP contribution in [0.2, 0.25) is 0 Å². The summed E-state index contributed by atoms with van der Waals surface area (Å²) in [4.78, 5) is 11.0. The number of nitrogens with zero attached hydrogens (tertiary/aromatic N) is 3. The summed E-state index contributed by atoms with van der Waals surface area (Å²) in [6, 6.07) is 15.2. The van der Waals surface area contributed by atoms with Gasteiger partial charge in [-0.15, -0.1) is 0 Å². The Morgan fingerprint density at radius 1 is 1.08 bits per heavy atom. The largest absolute Gasteiger partial charge is 0.281 e. The van der Waals surface area contributed by atoms with E-state index in [0.717, 1.165) is 34.1 Å². The molecule has 0 saturated carbocycles. The number of pyridine rings is 1. The highest BCUT2D eigenvalue weighted by molar-refractivity contribution is 5.95. The van der Waals surface area contributed by atoms with Gasteiger partial charge >= 0.3 is 0 Å². The number of fused-ring (bicyclic) bond motifs is 1. The van der Waals surface area contributed by atoms with Crippen LogP contribution in [-0.2, 0) is 0 Å². The number of aromatic nitrogens is 1. The standard InChI is InChI=1S/C20H18FN3/c1-14(24-11-10-22-13-24)16-8-7-15(21)12-19(16)17-4-2-6-20-18(17)5-3-9-23-20/h2-10,12,14H,11,13H2,1H3. The highest BCUT2D eigenvalue weighted by Gasteiger charge is 2.21. The quantitative estimate of drug-likeness (QED) is 0.714. The van der Waals surface area contributed by atoms with Gasteiger partial charge in [-0.25, -0.2) is 4.39 Å². The second-order valence-electron chi connectivity index (χ2n) is 6.06. The van der Waals surface area contributed by atoms with Crippen LogP contribution in [0.15, 0.2) is 59.7 Å². The second kappa shape index (κ2) is 6.13. The molecule has 1 aromatic heterocycles. The molecule has 0 N–H and O–H groups in total. The first-order chi connectivity index (χ1) is 11.7. The third-order valence-corrected chi connectivity index (χ3v) is 4.66. The van der Waals surface area contributed by atoms with Crippen molar-refractivity contribution in [3.05, 3.63) is 66.1 Å². The normalized spacial score (nSPS) is 15.9. The monoisotopic (exact) mass is 319 g/mol. The Kier molecular flexibility index (Phi) is 3.82. The lowest BCUT2D eigenvalue weighted by molar-refractivity contribution is 0.267. The Hall–Kier alpha value is -2.59. The maximum atomic E-state index is 14.0. The van der Waals surface area contributed by atoms with Gasteiger partial charge in [-0.1, -0.05) is 24.3 Å². The van der Waals surface area contributed by atoms with Crippen LogP contribution in [0, 0.1) is 5.82 Å². The van der Waals surface area contributed by atoms with Crippen LogP contribution in [-0.4, -0.2) is 29.3 Å². The molecule has 0 bridgehead atoms. The summed E-state index contributed by atoms with van der Waals surface area (Å²) in [6.07, 6.45) is 3.71. The molecule has 0 amide bonds. The van der Waals surface area contributed by atoms with E-state index in [0.29, 0.717) is 6.67 Å². The van der Waals surface area contributed by atoms with Crippen molar-refractivity contribution in [2.75, 3.05) is 13.2 Å². The van der Waals surface area contributed by atoms with Crippen LogP contribution in [0.25, 0.3) is 22.0 Å². The molecule has 0 spiro atoms. The predicted octanol–water partition coefficient (Wildman–Crippen LogP) is 4.45. The van der Waals surface area contributed by atoms with Gasteiger partial charge in [0.2, 0.25) is 0 Å². The summed E-state index contributed by atoms with van der Waals surface area (Å²) in [6.45, 7) is 3.67. The summed E-state index contributed by atoms with van der Waals surface area (Å²) in [5.74, 6) is -0.223. The summed E-state index contributed by atoms with van der Waals surface area (Å²) in [5.41, 5.74) is 3.97. The Labute approximate surface area is 140 Å². The molecular weight excluding hydrogens is 301 g/mol. The zero-order chi connectivity index (χ0) is 16.5. The summed E-state index contributed by atoms with van der Waals surface area (Å²) in [5, 5.41) is 1.04.